The number of methoxy groups -OCH3 is 1. The van der Waals surface area contributed by atoms with Crippen molar-refractivity contribution in [3.05, 3.63) is 39.2 Å². The van der Waals surface area contributed by atoms with Crippen LogP contribution in [0, 0.1) is 6.92 Å². The first-order valence-corrected chi connectivity index (χ1v) is 8.84. The standard InChI is InChI=1S/C19H23NO9/c1-7-8(15-12(23)13(24)16(27-3)19(2,6-21)29-15)4-5-9-11(22)10(17(20)25)18(26)28-14(7)9/h4-5,12-13,15-16,21-24H,6H2,1-3H3,(H2,20,25)/t12-,13-,15+,16-,19-/m1/s1. The molecule has 0 bridgehead atoms. The Labute approximate surface area is 165 Å². The maximum Gasteiger partial charge on any atom is 0.353 e. The topological polar surface area (TPSA) is 173 Å². The van der Waals surface area contributed by atoms with Crippen molar-refractivity contribution in [2.45, 2.75) is 43.9 Å². The van der Waals surface area contributed by atoms with Crippen LogP contribution in [0.25, 0.3) is 11.0 Å². The van der Waals surface area contributed by atoms with Crippen molar-refractivity contribution in [1.29, 1.82) is 0 Å². The van der Waals surface area contributed by atoms with E-state index < -0.39 is 59.5 Å². The van der Waals surface area contributed by atoms with Crippen molar-refractivity contribution in [3.8, 4) is 5.75 Å². The number of ether oxygens (including phenoxy) is 2. The molecule has 10 heteroatoms. The molecule has 1 fully saturated rings. The van der Waals surface area contributed by atoms with Crippen LogP contribution in [0.5, 0.6) is 5.75 Å². The molecule has 158 valence electrons. The third-order valence-electron chi connectivity index (χ3n) is 5.43. The molecule has 0 radical (unpaired) electrons. The number of aliphatic hydroxyl groups is 3. The molecule has 29 heavy (non-hydrogen) atoms. The fourth-order valence-electron chi connectivity index (χ4n) is 3.84. The molecule has 3 rings (SSSR count). The van der Waals surface area contributed by atoms with E-state index in [1.807, 2.05) is 0 Å². The summed E-state index contributed by atoms with van der Waals surface area (Å²) in [7, 11) is 1.33. The zero-order valence-electron chi connectivity index (χ0n) is 16.1. The lowest BCUT2D eigenvalue weighted by atomic mass is 9.83. The molecule has 1 amide bonds. The summed E-state index contributed by atoms with van der Waals surface area (Å²) in [6.45, 7) is 2.60. The van der Waals surface area contributed by atoms with Crippen LogP contribution >= 0.6 is 0 Å². The van der Waals surface area contributed by atoms with Crippen LogP contribution in [0.2, 0.25) is 0 Å². The first-order valence-electron chi connectivity index (χ1n) is 8.84. The quantitative estimate of drug-likeness (QED) is 0.416. The zero-order chi connectivity index (χ0) is 21.7. The number of aryl methyl sites for hydroxylation is 1. The predicted octanol–water partition coefficient (Wildman–Crippen LogP) is -0.535. The van der Waals surface area contributed by atoms with Gasteiger partial charge >= 0.3 is 5.63 Å². The maximum absolute atomic E-state index is 12.1. The number of hydrogen-bond donors (Lipinski definition) is 5. The van der Waals surface area contributed by atoms with E-state index in [0.29, 0.717) is 11.1 Å². The van der Waals surface area contributed by atoms with Crippen LogP contribution in [-0.2, 0) is 9.47 Å². The molecule has 10 nitrogen and oxygen atoms in total. The van der Waals surface area contributed by atoms with E-state index in [2.05, 4.69) is 0 Å². The van der Waals surface area contributed by atoms with Crippen LogP contribution in [0.3, 0.4) is 0 Å². The van der Waals surface area contributed by atoms with Gasteiger partial charge in [0.15, 0.2) is 5.56 Å². The number of carbonyl (C=O) groups excluding carboxylic acids is 1. The van der Waals surface area contributed by atoms with Crippen molar-refractivity contribution in [2.75, 3.05) is 13.7 Å². The van der Waals surface area contributed by atoms with Gasteiger partial charge in [0, 0.05) is 7.11 Å². The lowest BCUT2D eigenvalue weighted by Crippen LogP contribution is -2.62. The summed E-state index contributed by atoms with van der Waals surface area (Å²) in [6, 6.07) is 2.87. The second kappa shape index (κ2) is 7.39. The van der Waals surface area contributed by atoms with Gasteiger partial charge in [-0.05, 0) is 31.0 Å². The van der Waals surface area contributed by atoms with Gasteiger partial charge < -0.3 is 40.1 Å². The number of primary amides is 1. The molecule has 1 aliphatic heterocycles. The Balaban J connectivity index is 2.18. The van der Waals surface area contributed by atoms with Gasteiger partial charge in [-0.3, -0.25) is 4.79 Å². The van der Waals surface area contributed by atoms with E-state index in [4.69, 9.17) is 19.6 Å². The molecule has 5 atom stereocenters. The van der Waals surface area contributed by atoms with E-state index in [1.165, 1.54) is 26.2 Å². The number of fused-ring (bicyclic) bond motifs is 1. The van der Waals surface area contributed by atoms with Crippen molar-refractivity contribution in [2.24, 2.45) is 5.73 Å². The van der Waals surface area contributed by atoms with Gasteiger partial charge in [0.05, 0.1) is 12.0 Å². The van der Waals surface area contributed by atoms with E-state index in [-0.39, 0.29) is 11.0 Å². The van der Waals surface area contributed by atoms with E-state index in [1.54, 1.807) is 6.92 Å². The van der Waals surface area contributed by atoms with Crippen LogP contribution in [0.4, 0.5) is 0 Å². The molecule has 0 saturated carbocycles. The molecular weight excluding hydrogens is 386 g/mol. The number of rotatable bonds is 4. The highest BCUT2D eigenvalue weighted by atomic mass is 16.6. The van der Waals surface area contributed by atoms with Gasteiger partial charge in [0.2, 0.25) is 0 Å². The van der Waals surface area contributed by atoms with Crippen LogP contribution < -0.4 is 11.4 Å². The Bertz CT molecular complexity index is 1020. The SMILES string of the molecule is CO[C@@H]1[C@H](O)[C@@H](O)[C@H](c2ccc3c(O)c(C(N)=O)c(=O)oc3c2C)O[C@]1(C)CO. The number of amides is 1. The predicted molar refractivity (Wildman–Crippen MR) is 99.5 cm³/mol. The first-order chi connectivity index (χ1) is 13.6. The lowest BCUT2D eigenvalue weighted by Gasteiger charge is -2.48. The third-order valence-corrected chi connectivity index (χ3v) is 5.43. The molecular formula is C19H23NO9. The number of aliphatic hydroxyl groups excluding tert-OH is 3. The van der Waals surface area contributed by atoms with Gasteiger partial charge in [0.25, 0.3) is 5.91 Å². The highest BCUT2D eigenvalue weighted by molar-refractivity contribution is 6.01. The summed E-state index contributed by atoms with van der Waals surface area (Å²) in [5.74, 6) is -1.73. The number of aromatic hydroxyl groups is 1. The van der Waals surface area contributed by atoms with Gasteiger partial charge in [-0.15, -0.1) is 0 Å². The smallest absolute Gasteiger partial charge is 0.353 e. The fraction of sp³-hybridized carbons (Fsp3) is 0.474. The highest BCUT2D eigenvalue weighted by Gasteiger charge is 2.52. The fourth-order valence-corrected chi connectivity index (χ4v) is 3.84. The maximum atomic E-state index is 12.1. The van der Waals surface area contributed by atoms with Gasteiger partial charge in [-0.25, -0.2) is 4.79 Å². The van der Waals surface area contributed by atoms with Crippen LogP contribution in [-0.4, -0.2) is 64.0 Å². The second-order valence-electron chi connectivity index (χ2n) is 7.28. The molecule has 1 aliphatic rings. The molecule has 2 aromatic rings. The molecule has 0 spiro atoms. The second-order valence-corrected chi connectivity index (χ2v) is 7.28. The summed E-state index contributed by atoms with van der Waals surface area (Å²) in [5.41, 5.74) is 2.69. The van der Waals surface area contributed by atoms with Crippen molar-refractivity contribution in [1.82, 2.24) is 0 Å². The molecule has 1 aromatic carbocycles. The lowest BCUT2D eigenvalue weighted by molar-refractivity contribution is -0.279. The Hall–Kier alpha value is -2.50. The highest BCUT2D eigenvalue weighted by Crippen LogP contribution is 2.41. The van der Waals surface area contributed by atoms with E-state index in [0.717, 1.165) is 0 Å². The molecule has 0 unspecified atom stereocenters. The summed E-state index contributed by atoms with van der Waals surface area (Å²) in [4.78, 5) is 23.5. The van der Waals surface area contributed by atoms with Crippen LogP contribution in [0.15, 0.2) is 21.3 Å². The summed E-state index contributed by atoms with van der Waals surface area (Å²) in [6.07, 6.45) is -4.87. The molecule has 1 saturated heterocycles. The summed E-state index contributed by atoms with van der Waals surface area (Å²) >= 11 is 0. The van der Waals surface area contributed by atoms with Crippen molar-refractivity contribution in [3.63, 3.8) is 0 Å². The largest absolute Gasteiger partial charge is 0.506 e. The summed E-state index contributed by atoms with van der Waals surface area (Å²) < 4.78 is 16.3. The van der Waals surface area contributed by atoms with E-state index in [9.17, 15) is 30.0 Å². The Kier molecular flexibility index (Phi) is 5.41. The number of nitrogens with two attached hydrogens (primary N) is 1. The monoisotopic (exact) mass is 409 g/mol. The molecule has 0 aliphatic carbocycles. The minimum absolute atomic E-state index is 0.0279. The number of benzene rings is 1. The summed E-state index contributed by atoms with van der Waals surface area (Å²) in [5, 5.41) is 41.2. The van der Waals surface area contributed by atoms with Gasteiger partial charge in [-0.2, -0.15) is 0 Å². The average molecular weight is 409 g/mol. The molecule has 6 N–H and O–H groups in total. The minimum atomic E-state index is -1.42. The van der Waals surface area contributed by atoms with Crippen molar-refractivity contribution >= 4 is 16.9 Å². The van der Waals surface area contributed by atoms with Crippen LogP contribution in [0.1, 0.15) is 34.5 Å². The Morgan fingerprint density at radius 3 is 2.52 bits per heavy atom. The number of carbonyl (C=O) groups is 1. The minimum Gasteiger partial charge on any atom is -0.506 e. The van der Waals surface area contributed by atoms with E-state index >= 15 is 0 Å². The Morgan fingerprint density at radius 1 is 1.31 bits per heavy atom. The first kappa shape index (κ1) is 21.2. The van der Waals surface area contributed by atoms with Gasteiger partial charge in [-0.1, -0.05) is 6.07 Å². The average Bonchev–Trinajstić information content (AvgIpc) is 2.66. The number of hydrogen-bond acceptors (Lipinski definition) is 9. The van der Waals surface area contributed by atoms with Gasteiger partial charge in [0.1, 0.15) is 41.3 Å². The Morgan fingerprint density at radius 2 is 1.97 bits per heavy atom. The zero-order valence-corrected chi connectivity index (χ0v) is 16.1. The molecule has 2 heterocycles. The normalized spacial score (nSPS) is 29.9. The molecule has 1 aromatic heterocycles. The van der Waals surface area contributed by atoms with Crippen molar-refractivity contribution < 1.29 is 39.1 Å². The third kappa shape index (κ3) is 3.18.